The molecular formula is C19H17F3N2OS. The number of aromatic nitrogens is 1. The molecule has 4 rings (SSSR count). The summed E-state index contributed by atoms with van der Waals surface area (Å²) in [4.78, 5) is 6.91. The van der Waals surface area contributed by atoms with Gasteiger partial charge in [0.25, 0.3) is 0 Å². The molecule has 0 spiro atoms. The van der Waals surface area contributed by atoms with Crippen molar-refractivity contribution in [2.45, 2.75) is 25.4 Å². The van der Waals surface area contributed by atoms with E-state index >= 15 is 0 Å². The molecule has 0 aliphatic carbocycles. The fraction of sp³-hybridized carbons (Fsp3) is 0.263. The summed E-state index contributed by atoms with van der Waals surface area (Å²) in [6, 6.07) is 12.4. The number of hydrogen-bond acceptors (Lipinski definition) is 3. The second-order valence-corrected chi connectivity index (χ2v) is 7.23. The van der Waals surface area contributed by atoms with Crippen molar-refractivity contribution in [1.82, 2.24) is 9.88 Å². The van der Waals surface area contributed by atoms with Crippen LogP contribution in [0.5, 0.6) is 5.75 Å². The molecule has 1 N–H and O–H groups in total. The maximum absolute atomic E-state index is 12.4. The van der Waals surface area contributed by atoms with Crippen molar-refractivity contribution in [3.05, 3.63) is 75.7 Å². The molecule has 1 aliphatic heterocycles. The molecule has 0 bridgehead atoms. The highest BCUT2D eigenvalue weighted by molar-refractivity contribution is 7.10. The Morgan fingerprint density at radius 3 is 2.65 bits per heavy atom. The molecule has 1 aliphatic rings. The zero-order valence-electron chi connectivity index (χ0n) is 13.8. The van der Waals surface area contributed by atoms with Gasteiger partial charge in [-0.15, -0.1) is 24.5 Å². The number of benzene rings is 1. The monoisotopic (exact) mass is 378 g/mol. The summed E-state index contributed by atoms with van der Waals surface area (Å²) in [6.45, 7) is 1.66. The predicted octanol–water partition coefficient (Wildman–Crippen LogP) is 5.12. The Labute approximate surface area is 153 Å². The van der Waals surface area contributed by atoms with Crippen LogP contribution < -0.4 is 4.74 Å². The van der Waals surface area contributed by atoms with Crippen LogP contribution in [0.25, 0.3) is 0 Å². The average Bonchev–Trinajstić information content (AvgIpc) is 3.25. The van der Waals surface area contributed by atoms with Crippen molar-refractivity contribution in [3.8, 4) is 5.75 Å². The van der Waals surface area contributed by atoms with E-state index in [4.69, 9.17) is 0 Å². The molecule has 0 fully saturated rings. The van der Waals surface area contributed by atoms with Gasteiger partial charge in [-0.1, -0.05) is 12.1 Å². The minimum atomic E-state index is -4.67. The van der Waals surface area contributed by atoms with E-state index in [0.29, 0.717) is 0 Å². The summed E-state index contributed by atoms with van der Waals surface area (Å²) in [5, 5.41) is 2.08. The Morgan fingerprint density at radius 2 is 1.96 bits per heavy atom. The third kappa shape index (κ3) is 3.64. The van der Waals surface area contributed by atoms with Gasteiger partial charge < -0.3 is 9.72 Å². The first-order chi connectivity index (χ1) is 12.5. The maximum atomic E-state index is 12.4. The number of nitrogens with zero attached hydrogens (tertiary/aromatic N) is 1. The molecule has 3 aromatic rings. The summed E-state index contributed by atoms with van der Waals surface area (Å²) in [5.74, 6) is -0.196. The lowest BCUT2D eigenvalue weighted by Crippen LogP contribution is -2.35. The third-order valence-corrected chi connectivity index (χ3v) is 5.53. The standard InChI is InChI=1S/C19H17F3N2OS/c20-19(21,22)25-15-5-3-13(4-6-15)18-16-8-11-26-17(16)7-10-24(18)12-14-2-1-9-23-14/h1-6,8-9,11,18,23H,7,10,12H2/t18-/m1/s1. The van der Waals surface area contributed by atoms with Crippen LogP contribution in [0.15, 0.2) is 54.0 Å². The van der Waals surface area contributed by atoms with E-state index in [1.807, 2.05) is 18.3 Å². The van der Waals surface area contributed by atoms with Crippen LogP contribution in [0, 0.1) is 0 Å². The summed E-state index contributed by atoms with van der Waals surface area (Å²) in [5.41, 5.74) is 3.31. The van der Waals surface area contributed by atoms with E-state index in [2.05, 4.69) is 26.1 Å². The number of H-pyrrole nitrogens is 1. The number of ether oxygens (including phenoxy) is 1. The van der Waals surface area contributed by atoms with Crippen LogP contribution in [0.3, 0.4) is 0 Å². The van der Waals surface area contributed by atoms with Crippen LogP contribution in [-0.4, -0.2) is 22.8 Å². The van der Waals surface area contributed by atoms with E-state index in [-0.39, 0.29) is 11.8 Å². The van der Waals surface area contributed by atoms with Gasteiger partial charge in [-0.05, 0) is 53.3 Å². The first-order valence-corrected chi connectivity index (χ1v) is 9.16. The van der Waals surface area contributed by atoms with Gasteiger partial charge >= 0.3 is 6.36 Å². The molecule has 0 radical (unpaired) electrons. The quantitative estimate of drug-likeness (QED) is 0.682. The normalized spacial score (nSPS) is 17.9. The highest BCUT2D eigenvalue weighted by Gasteiger charge is 2.32. The zero-order chi connectivity index (χ0) is 18.1. The highest BCUT2D eigenvalue weighted by atomic mass is 32.1. The Kier molecular flexibility index (Phi) is 4.50. The molecule has 3 nitrogen and oxygen atoms in total. The van der Waals surface area contributed by atoms with Crippen LogP contribution >= 0.6 is 11.3 Å². The molecule has 0 saturated carbocycles. The summed E-state index contributed by atoms with van der Waals surface area (Å²) < 4.78 is 41.2. The molecule has 136 valence electrons. The molecule has 0 amide bonds. The number of alkyl halides is 3. The molecule has 26 heavy (non-hydrogen) atoms. The van der Waals surface area contributed by atoms with Crippen molar-refractivity contribution >= 4 is 11.3 Å². The van der Waals surface area contributed by atoms with Gasteiger partial charge in [-0.2, -0.15) is 0 Å². The topological polar surface area (TPSA) is 28.3 Å². The maximum Gasteiger partial charge on any atom is 0.573 e. The van der Waals surface area contributed by atoms with Crippen molar-refractivity contribution < 1.29 is 17.9 Å². The van der Waals surface area contributed by atoms with Crippen LogP contribution in [0.4, 0.5) is 13.2 Å². The van der Waals surface area contributed by atoms with E-state index in [1.165, 1.54) is 22.6 Å². The fourth-order valence-corrected chi connectivity index (χ4v) is 4.37. The van der Waals surface area contributed by atoms with Crippen molar-refractivity contribution in [2.75, 3.05) is 6.54 Å². The molecule has 2 aromatic heterocycles. The number of halogens is 3. The number of thiophene rings is 1. The van der Waals surface area contributed by atoms with Gasteiger partial charge in [0, 0.05) is 29.9 Å². The zero-order valence-corrected chi connectivity index (χ0v) is 14.6. The van der Waals surface area contributed by atoms with Crippen molar-refractivity contribution in [2.24, 2.45) is 0 Å². The van der Waals surface area contributed by atoms with Gasteiger partial charge in [0.15, 0.2) is 0 Å². The number of fused-ring (bicyclic) bond motifs is 1. The van der Waals surface area contributed by atoms with Crippen molar-refractivity contribution in [1.29, 1.82) is 0 Å². The SMILES string of the molecule is FC(F)(F)Oc1ccc([C@@H]2c3ccsc3CCN2Cc2ccc[nH]2)cc1. The first-order valence-electron chi connectivity index (χ1n) is 8.28. The van der Waals surface area contributed by atoms with Gasteiger partial charge in [0.05, 0.1) is 6.04 Å². The molecule has 7 heteroatoms. The molecule has 3 heterocycles. The molecule has 0 saturated heterocycles. The summed E-state index contributed by atoms with van der Waals surface area (Å²) >= 11 is 1.74. The lowest BCUT2D eigenvalue weighted by atomic mass is 9.93. The average molecular weight is 378 g/mol. The van der Waals surface area contributed by atoms with Gasteiger partial charge in [0.2, 0.25) is 0 Å². The van der Waals surface area contributed by atoms with Gasteiger partial charge in [-0.3, -0.25) is 4.90 Å². The molecule has 1 aromatic carbocycles. The Morgan fingerprint density at radius 1 is 1.15 bits per heavy atom. The lowest BCUT2D eigenvalue weighted by molar-refractivity contribution is -0.274. The van der Waals surface area contributed by atoms with Crippen LogP contribution in [-0.2, 0) is 13.0 Å². The van der Waals surface area contributed by atoms with Crippen LogP contribution in [0.2, 0.25) is 0 Å². The number of nitrogens with one attached hydrogen (secondary N) is 1. The first kappa shape index (κ1) is 17.2. The molecular weight excluding hydrogens is 361 g/mol. The number of hydrogen-bond donors (Lipinski definition) is 1. The Balaban J connectivity index is 1.64. The van der Waals surface area contributed by atoms with E-state index < -0.39 is 6.36 Å². The minimum absolute atomic E-state index is 0.0215. The molecule has 1 atom stereocenters. The highest BCUT2D eigenvalue weighted by Crippen LogP contribution is 2.39. The van der Waals surface area contributed by atoms with Gasteiger partial charge in [0.1, 0.15) is 5.75 Å². The summed E-state index contributed by atoms with van der Waals surface area (Å²) in [7, 11) is 0. The second-order valence-electron chi connectivity index (χ2n) is 6.23. The fourth-order valence-electron chi connectivity index (χ4n) is 3.47. The van der Waals surface area contributed by atoms with E-state index in [9.17, 15) is 13.2 Å². The smallest absolute Gasteiger partial charge is 0.406 e. The Hall–Kier alpha value is -2.25. The van der Waals surface area contributed by atoms with E-state index in [0.717, 1.165) is 30.8 Å². The van der Waals surface area contributed by atoms with Crippen molar-refractivity contribution in [3.63, 3.8) is 0 Å². The lowest BCUT2D eigenvalue weighted by Gasteiger charge is -2.36. The Bertz CT molecular complexity index is 856. The second kappa shape index (κ2) is 6.81. The molecule has 0 unspecified atom stereocenters. The third-order valence-electron chi connectivity index (χ3n) is 4.53. The minimum Gasteiger partial charge on any atom is -0.406 e. The number of aromatic amines is 1. The number of rotatable bonds is 4. The van der Waals surface area contributed by atoms with E-state index in [1.54, 1.807) is 23.5 Å². The predicted molar refractivity (Wildman–Crippen MR) is 94.2 cm³/mol. The summed E-state index contributed by atoms with van der Waals surface area (Å²) in [6.07, 6.45) is -1.79. The largest absolute Gasteiger partial charge is 0.573 e. The van der Waals surface area contributed by atoms with Crippen LogP contribution in [0.1, 0.15) is 27.7 Å². The van der Waals surface area contributed by atoms with Gasteiger partial charge in [-0.25, -0.2) is 0 Å².